The van der Waals surface area contributed by atoms with Gasteiger partial charge in [0, 0.05) is 27.8 Å². The summed E-state index contributed by atoms with van der Waals surface area (Å²) in [7, 11) is 5.15. The molecule has 0 aliphatic rings. The van der Waals surface area contributed by atoms with Crippen LogP contribution in [0, 0.1) is 11.8 Å². The molecule has 0 amide bonds. The molecule has 0 aliphatic carbocycles. The summed E-state index contributed by atoms with van der Waals surface area (Å²) in [6, 6.07) is 0. The van der Waals surface area contributed by atoms with Gasteiger partial charge in [-0.05, 0) is 57.8 Å². The van der Waals surface area contributed by atoms with Crippen LogP contribution in [0.4, 0.5) is 0 Å². The first-order valence-electron chi connectivity index (χ1n) is 13.0. The molecular formula is C29H60O3. The van der Waals surface area contributed by atoms with Crippen LogP contribution in [0.25, 0.3) is 0 Å². The van der Waals surface area contributed by atoms with Crippen LogP contribution in [0.5, 0.6) is 0 Å². The molecule has 0 aliphatic heterocycles. The highest BCUT2D eigenvalue weighted by atomic mass is 16.7. The Morgan fingerprint density at radius 3 is 1.66 bits per heavy atom. The van der Waals surface area contributed by atoms with Crippen molar-refractivity contribution in [2.45, 2.75) is 132 Å². The average Bonchev–Trinajstić information content (AvgIpc) is 2.72. The second-order valence-electron chi connectivity index (χ2n) is 9.83. The Hall–Kier alpha value is -0.640. The van der Waals surface area contributed by atoms with Crippen molar-refractivity contribution in [3.05, 3.63) is 23.8 Å². The maximum Gasteiger partial charge on any atom is 0.157 e. The summed E-state index contributed by atoms with van der Waals surface area (Å²) < 4.78 is 15.5. The second kappa shape index (κ2) is 26.6. The van der Waals surface area contributed by atoms with Crippen molar-refractivity contribution in [3.8, 4) is 0 Å². The standard InChI is InChI=1S/C14H28O.C8H16.C7H16O2/c1-6-7-8-9-13(4)11-14(15-5)10-12(2)3;1-4-5-6-7-8(2)3;1-6(2)5-7(8-3)9-4/h9,12,14H,6-8,10-11H2,1-5H3;2,4-7H2,1,3H3;6-7H,5H2,1-4H3/b13-9+;;. The molecule has 0 saturated heterocycles. The van der Waals surface area contributed by atoms with Gasteiger partial charge in [-0.3, -0.25) is 0 Å². The van der Waals surface area contributed by atoms with Gasteiger partial charge in [-0.25, -0.2) is 0 Å². The van der Waals surface area contributed by atoms with E-state index in [0.29, 0.717) is 12.0 Å². The van der Waals surface area contributed by atoms with E-state index < -0.39 is 0 Å². The minimum Gasteiger partial charge on any atom is -0.381 e. The molecule has 0 bridgehead atoms. The normalized spacial score (nSPS) is 12.4. The number of methoxy groups -OCH3 is 3. The summed E-state index contributed by atoms with van der Waals surface area (Å²) in [4.78, 5) is 0. The molecule has 0 heterocycles. The van der Waals surface area contributed by atoms with E-state index in [1.165, 1.54) is 56.1 Å². The fourth-order valence-electron chi connectivity index (χ4n) is 3.13. The molecule has 0 saturated carbocycles. The third kappa shape index (κ3) is 31.5. The van der Waals surface area contributed by atoms with E-state index in [2.05, 4.69) is 68.0 Å². The average molecular weight is 457 g/mol. The fourth-order valence-corrected chi connectivity index (χ4v) is 3.13. The van der Waals surface area contributed by atoms with E-state index in [1.807, 2.05) is 7.11 Å². The molecule has 0 aromatic rings. The van der Waals surface area contributed by atoms with Crippen molar-refractivity contribution in [2.75, 3.05) is 21.3 Å². The Bertz CT molecular complexity index is 409. The van der Waals surface area contributed by atoms with Crippen LogP contribution in [0.3, 0.4) is 0 Å². The Morgan fingerprint density at radius 1 is 0.781 bits per heavy atom. The van der Waals surface area contributed by atoms with Gasteiger partial charge in [-0.2, -0.15) is 0 Å². The number of rotatable bonds is 16. The van der Waals surface area contributed by atoms with Crippen LogP contribution < -0.4 is 0 Å². The summed E-state index contributed by atoms with van der Waals surface area (Å²) in [5, 5.41) is 0. The molecule has 0 rings (SSSR count). The van der Waals surface area contributed by atoms with E-state index in [0.717, 1.165) is 25.2 Å². The van der Waals surface area contributed by atoms with Gasteiger partial charge in [0.2, 0.25) is 0 Å². The van der Waals surface area contributed by atoms with Crippen molar-refractivity contribution < 1.29 is 14.2 Å². The number of hydrogen-bond acceptors (Lipinski definition) is 3. The predicted octanol–water partition coefficient (Wildman–Crippen LogP) is 9.37. The van der Waals surface area contributed by atoms with Gasteiger partial charge < -0.3 is 14.2 Å². The topological polar surface area (TPSA) is 27.7 Å². The van der Waals surface area contributed by atoms with Crippen LogP contribution in [-0.2, 0) is 14.2 Å². The van der Waals surface area contributed by atoms with Gasteiger partial charge in [0.05, 0.1) is 6.10 Å². The molecule has 0 spiro atoms. The van der Waals surface area contributed by atoms with E-state index >= 15 is 0 Å². The smallest absolute Gasteiger partial charge is 0.157 e. The molecule has 32 heavy (non-hydrogen) atoms. The third-order valence-electron chi connectivity index (χ3n) is 5.06. The summed E-state index contributed by atoms with van der Waals surface area (Å²) in [6.45, 7) is 21.4. The highest BCUT2D eigenvalue weighted by molar-refractivity contribution is 4.99. The van der Waals surface area contributed by atoms with Crippen molar-refractivity contribution >= 4 is 0 Å². The monoisotopic (exact) mass is 456 g/mol. The molecule has 0 N–H and O–H groups in total. The van der Waals surface area contributed by atoms with Gasteiger partial charge in [0.25, 0.3) is 0 Å². The van der Waals surface area contributed by atoms with E-state index in [4.69, 9.17) is 14.2 Å². The molecule has 3 nitrogen and oxygen atoms in total. The van der Waals surface area contributed by atoms with Crippen LogP contribution in [-0.4, -0.2) is 33.7 Å². The van der Waals surface area contributed by atoms with Crippen LogP contribution in [0.2, 0.25) is 0 Å². The zero-order chi connectivity index (χ0) is 25.4. The Morgan fingerprint density at radius 2 is 1.31 bits per heavy atom. The zero-order valence-corrected chi connectivity index (χ0v) is 23.9. The van der Waals surface area contributed by atoms with E-state index in [9.17, 15) is 0 Å². The minimum atomic E-state index is -0.0231. The van der Waals surface area contributed by atoms with Crippen molar-refractivity contribution in [1.82, 2.24) is 0 Å². The molecule has 1 unspecified atom stereocenters. The lowest BCUT2D eigenvalue weighted by Gasteiger charge is -2.17. The van der Waals surface area contributed by atoms with Gasteiger partial charge >= 0.3 is 0 Å². The van der Waals surface area contributed by atoms with Gasteiger partial charge in [-0.15, -0.1) is 6.58 Å². The van der Waals surface area contributed by atoms with Crippen LogP contribution >= 0.6 is 0 Å². The molecule has 0 aromatic carbocycles. The van der Waals surface area contributed by atoms with Crippen molar-refractivity contribution in [2.24, 2.45) is 11.8 Å². The lowest BCUT2D eigenvalue weighted by atomic mass is 9.99. The van der Waals surface area contributed by atoms with Gasteiger partial charge in [0.15, 0.2) is 6.29 Å². The highest BCUT2D eigenvalue weighted by Crippen LogP contribution is 2.16. The molecule has 0 radical (unpaired) electrons. The Balaban J connectivity index is -0.000000424. The van der Waals surface area contributed by atoms with E-state index in [-0.39, 0.29) is 6.29 Å². The van der Waals surface area contributed by atoms with Crippen molar-refractivity contribution in [3.63, 3.8) is 0 Å². The molecule has 1 atom stereocenters. The highest BCUT2D eigenvalue weighted by Gasteiger charge is 2.10. The minimum absolute atomic E-state index is 0.0231. The first-order chi connectivity index (χ1) is 15.1. The SMILES string of the molecule is C=C(C)CCCCC.CCCC/C=C(\C)CC(CC(C)C)OC.COC(CC(C)C)OC. The molecule has 0 aromatic heterocycles. The first-order valence-corrected chi connectivity index (χ1v) is 13.0. The van der Waals surface area contributed by atoms with Crippen LogP contribution in [0.15, 0.2) is 23.8 Å². The van der Waals surface area contributed by atoms with E-state index in [1.54, 1.807) is 14.2 Å². The third-order valence-corrected chi connectivity index (χ3v) is 5.06. The maximum atomic E-state index is 5.50. The molecule has 0 fully saturated rings. The molecule has 3 heteroatoms. The summed E-state index contributed by atoms with van der Waals surface area (Å²) in [5.74, 6) is 1.35. The number of ether oxygens (including phenoxy) is 3. The van der Waals surface area contributed by atoms with Gasteiger partial charge in [-0.1, -0.05) is 84.4 Å². The van der Waals surface area contributed by atoms with Gasteiger partial charge in [0.1, 0.15) is 0 Å². The zero-order valence-electron chi connectivity index (χ0n) is 23.9. The summed E-state index contributed by atoms with van der Waals surface area (Å²) in [5.41, 5.74) is 2.80. The summed E-state index contributed by atoms with van der Waals surface area (Å²) in [6.07, 6.45) is 15.0. The Kier molecular flexibility index (Phi) is 29.9. The number of unbranched alkanes of at least 4 members (excludes halogenated alkanes) is 4. The largest absolute Gasteiger partial charge is 0.381 e. The quantitative estimate of drug-likeness (QED) is 0.131. The predicted molar refractivity (Wildman–Crippen MR) is 144 cm³/mol. The summed E-state index contributed by atoms with van der Waals surface area (Å²) >= 11 is 0. The lowest BCUT2D eigenvalue weighted by molar-refractivity contribution is -0.112. The number of hydrogen-bond donors (Lipinski definition) is 0. The fraction of sp³-hybridized carbons (Fsp3) is 0.862. The molecular weight excluding hydrogens is 396 g/mol. The first kappa shape index (κ1) is 35.9. The second-order valence-corrected chi connectivity index (χ2v) is 9.83. The lowest BCUT2D eigenvalue weighted by Crippen LogP contribution is -2.15. The molecule has 194 valence electrons. The van der Waals surface area contributed by atoms with Crippen LogP contribution in [0.1, 0.15) is 120 Å². The number of allylic oxidation sites excluding steroid dienone is 2. The Labute approximate surface area is 203 Å². The van der Waals surface area contributed by atoms with Crippen molar-refractivity contribution in [1.29, 1.82) is 0 Å². The maximum absolute atomic E-state index is 5.50.